The SMILES string of the molecule is O=C(CO)NCC(Nc1cncc(-c2ccc3n[nH]c(F)c3c2)c1)c1ccccc1. The number of H-pyrrole nitrogens is 1. The third-order valence-corrected chi connectivity index (χ3v) is 4.77. The van der Waals surface area contributed by atoms with Gasteiger partial charge in [-0.25, -0.2) is 0 Å². The Morgan fingerprint density at radius 2 is 1.93 bits per heavy atom. The topological polar surface area (TPSA) is 103 Å². The van der Waals surface area contributed by atoms with Gasteiger partial charge in [-0.3, -0.25) is 14.9 Å². The van der Waals surface area contributed by atoms with Crippen molar-refractivity contribution < 1.29 is 14.3 Å². The smallest absolute Gasteiger partial charge is 0.245 e. The van der Waals surface area contributed by atoms with E-state index in [0.29, 0.717) is 17.4 Å². The Morgan fingerprint density at radius 1 is 1.10 bits per heavy atom. The van der Waals surface area contributed by atoms with E-state index in [1.807, 2.05) is 42.5 Å². The molecule has 7 nitrogen and oxygen atoms in total. The van der Waals surface area contributed by atoms with Crippen molar-refractivity contribution in [3.63, 3.8) is 0 Å². The zero-order chi connectivity index (χ0) is 20.9. The van der Waals surface area contributed by atoms with E-state index in [1.165, 1.54) is 0 Å². The largest absolute Gasteiger partial charge is 0.387 e. The average molecular weight is 405 g/mol. The van der Waals surface area contributed by atoms with Gasteiger partial charge in [-0.05, 0) is 29.3 Å². The highest BCUT2D eigenvalue weighted by Gasteiger charge is 2.14. The highest BCUT2D eigenvalue weighted by Crippen LogP contribution is 2.27. The summed E-state index contributed by atoms with van der Waals surface area (Å²) in [6.07, 6.45) is 3.39. The van der Waals surface area contributed by atoms with Gasteiger partial charge in [0.25, 0.3) is 0 Å². The molecule has 0 aliphatic rings. The first-order valence-electron chi connectivity index (χ1n) is 9.42. The number of nitrogens with zero attached hydrogens (tertiary/aromatic N) is 2. The van der Waals surface area contributed by atoms with Crippen LogP contribution in [0.2, 0.25) is 0 Å². The Morgan fingerprint density at radius 3 is 2.73 bits per heavy atom. The van der Waals surface area contributed by atoms with Crippen molar-refractivity contribution in [3.8, 4) is 11.1 Å². The van der Waals surface area contributed by atoms with Crippen LogP contribution in [0.1, 0.15) is 11.6 Å². The van der Waals surface area contributed by atoms with Crippen molar-refractivity contribution in [3.05, 3.63) is 78.5 Å². The zero-order valence-corrected chi connectivity index (χ0v) is 16.0. The number of carbonyl (C=O) groups excluding carboxylic acids is 1. The number of aromatic nitrogens is 3. The molecule has 0 aliphatic heterocycles. The van der Waals surface area contributed by atoms with Crippen molar-refractivity contribution >= 4 is 22.5 Å². The van der Waals surface area contributed by atoms with E-state index < -0.39 is 18.5 Å². The van der Waals surface area contributed by atoms with Crippen LogP contribution < -0.4 is 10.6 Å². The van der Waals surface area contributed by atoms with Crippen molar-refractivity contribution in [1.29, 1.82) is 0 Å². The lowest BCUT2D eigenvalue weighted by molar-refractivity contribution is -0.123. The molecular weight excluding hydrogens is 385 g/mol. The Hall–Kier alpha value is -3.78. The molecule has 0 saturated heterocycles. The second-order valence-corrected chi connectivity index (χ2v) is 6.80. The number of anilines is 1. The molecule has 8 heteroatoms. The van der Waals surface area contributed by atoms with Crippen LogP contribution in [0, 0.1) is 5.95 Å². The molecule has 0 saturated carbocycles. The van der Waals surface area contributed by atoms with E-state index in [1.54, 1.807) is 24.5 Å². The number of aromatic amines is 1. The van der Waals surface area contributed by atoms with Gasteiger partial charge in [-0.1, -0.05) is 36.4 Å². The fourth-order valence-electron chi connectivity index (χ4n) is 3.25. The predicted octanol–water partition coefficient (Wildman–Crippen LogP) is 3.03. The minimum Gasteiger partial charge on any atom is -0.387 e. The summed E-state index contributed by atoms with van der Waals surface area (Å²) < 4.78 is 13.9. The molecule has 0 aliphatic carbocycles. The van der Waals surface area contributed by atoms with Crippen LogP contribution in [0.25, 0.3) is 22.0 Å². The second kappa shape index (κ2) is 8.71. The fraction of sp³-hybridized carbons (Fsp3) is 0.136. The quantitative estimate of drug-likeness (QED) is 0.379. The number of benzene rings is 2. The minimum absolute atomic E-state index is 0.229. The zero-order valence-electron chi connectivity index (χ0n) is 16.0. The van der Waals surface area contributed by atoms with Gasteiger partial charge in [-0.15, -0.1) is 0 Å². The second-order valence-electron chi connectivity index (χ2n) is 6.80. The highest BCUT2D eigenvalue weighted by molar-refractivity contribution is 5.84. The van der Waals surface area contributed by atoms with Gasteiger partial charge >= 0.3 is 0 Å². The first-order valence-corrected chi connectivity index (χ1v) is 9.42. The Kier molecular flexibility index (Phi) is 5.67. The monoisotopic (exact) mass is 405 g/mol. The van der Waals surface area contributed by atoms with Crippen LogP contribution in [0.5, 0.6) is 0 Å². The third-order valence-electron chi connectivity index (χ3n) is 4.77. The number of aliphatic hydroxyl groups is 1. The molecule has 1 unspecified atom stereocenters. The molecule has 0 bridgehead atoms. The maximum atomic E-state index is 13.9. The number of halogens is 1. The summed E-state index contributed by atoms with van der Waals surface area (Å²) in [5, 5.41) is 21.7. The maximum absolute atomic E-state index is 13.9. The number of carbonyl (C=O) groups is 1. The summed E-state index contributed by atoms with van der Waals surface area (Å²) in [6, 6.07) is 16.7. The van der Waals surface area contributed by atoms with E-state index in [2.05, 4.69) is 25.8 Å². The molecule has 4 aromatic rings. The Bertz CT molecular complexity index is 1160. The van der Waals surface area contributed by atoms with Crippen molar-refractivity contribution in [1.82, 2.24) is 20.5 Å². The van der Waals surface area contributed by atoms with Gasteiger partial charge in [-0.2, -0.15) is 9.49 Å². The van der Waals surface area contributed by atoms with Gasteiger partial charge in [0.05, 0.1) is 22.6 Å². The van der Waals surface area contributed by atoms with E-state index in [9.17, 15) is 9.18 Å². The number of amides is 1. The van der Waals surface area contributed by atoms with Crippen molar-refractivity contribution in [2.45, 2.75) is 6.04 Å². The molecule has 0 fully saturated rings. The molecule has 2 heterocycles. The van der Waals surface area contributed by atoms with Gasteiger partial charge < -0.3 is 15.7 Å². The number of pyridine rings is 1. The minimum atomic E-state index is -0.564. The lowest BCUT2D eigenvalue weighted by Crippen LogP contribution is -2.33. The van der Waals surface area contributed by atoms with Crippen molar-refractivity contribution in [2.24, 2.45) is 0 Å². The molecule has 0 spiro atoms. The fourth-order valence-corrected chi connectivity index (χ4v) is 3.25. The average Bonchev–Trinajstić information content (AvgIpc) is 3.17. The normalized spacial score (nSPS) is 11.9. The first-order chi connectivity index (χ1) is 14.6. The highest BCUT2D eigenvalue weighted by atomic mass is 19.1. The molecule has 30 heavy (non-hydrogen) atoms. The van der Waals surface area contributed by atoms with E-state index in [-0.39, 0.29) is 6.04 Å². The van der Waals surface area contributed by atoms with Gasteiger partial charge in [0.2, 0.25) is 11.9 Å². The van der Waals surface area contributed by atoms with E-state index in [4.69, 9.17) is 5.11 Å². The molecule has 2 aromatic carbocycles. The molecular formula is C22H20FN5O2. The van der Waals surface area contributed by atoms with Crippen LogP contribution >= 0.6 is 0 Å². The summed E-state index contributed by atoms with van der Waals surface area (Å²) in [5.41, 5.74) is 3.90. The predicted molar refractivity (Wildman–Crippen MR) is 112 cm³/mol. The lowest BCUT2D eigenvalue weighted by atomic mass is 10.0. The summed E-state index contributed by atoms with van der Waals surface area (Å²) in [7, 11) is 0. The van der Waals surface area contributed by atoms with E-state index >= 15 is 0 Å². The van der Waals surface area contributed by atoms with E-state index in [0.717, 1.165) is 22.4 Å². The van der Waals surface area contributed by atoms with Crippen LogP contribution in [0.4, 0.5) is 10.1 Å². The summed E-state index contributed by atoms with van der Waals surface area (Å²) in [6.45, 7) is -0.272. The van der Waals surface area contributed by atoms with Crippen LogP contribution in [0.15, 0.2) is 67.0 Å². The molecule has 4 N–H and O–H groups in total. The Balaban J connectivity index is 1.60. The number of nitrogens with one attached hydrogen (secondary N) is 3. The first kappa shape index (κ1) is 19.5. The standard InChI is InChI=1S/C22H20FN5O2/c23-22-18-9-15(6-7-19(18)27-28-22)16-8-17(11-24-10-16)26-20(12-25-21(30)13-29)14-4-2-1-3-5-14/h1-11,20,26,29H,12-13H2,(H,25,30)(H,27,28). The number of aliphatic hydroxyl groups excluding tert-OH is 1. The molecule has 1 atom stereocenters. The maximum Gasteiger partial charge on any atom is 0.245 e. The molecule has 0 radical (unpaired) electrons. The van der Waals surface area contributed by atoms with Gasteiger partial charge in [0, 0.05) is 24.5 Å². The van der Waals surface area contributed by atoms with Crippen molar-refractivity contribution in [2.75, 3.05) is 18.5 Å². The van der Waals surface area contributed by atoms with Crippen LogP contribution in [-0.4, -0.2) is 39.3 Å². The van der Waals surface area contributed by atoms with Gasteiger partial charge in [0.15, 0.2) is 0 Å². The lowest BCUT2D eigenvalue weighted by Gasteiger charge is -2.21. The van der Waals surface area contributed by atoms with Crippen LogP contribution in [-0.2, 0) is 4.79 Å². The number of hydrogen-bond acceptors (Lipinski definition) is 5. The van der Waals surface area contributed by atoms with Crippen LogP contribution in [0.3, 0.4) is 0 Å². The molecule has 152 valence electrons. The number of fused-ring (bicyclic) bond motifs is 1. The summed E-state index contributed by atoms with van der Waals surface area (Å²) >= 11 is 0. The number of rotatable bonds is 7. The number of hydrogen-bond donors (Lipinski definition) is 4. The summed E-state index contributed by atoms with van der Waals surface area (Å²) in [4.78, 5) is 15.8. The molecule has 4 rings (SSSR count). The summed E-state index contributed by atoms with van der Waals surface area (Å²) in [5.74, 6) is -0.919. The molecule has 2 aromatic heterocycles. The van der Waals surface area contributed by atoms with Gasteiger partial charge in [0.1, 0.15) is 6.61 Å². The molecule has 1 amide bonds. The Labute approximate surface area is 172 Å². The third kappa shape index (κ3) is 4.28.